The minimum absolute atomic E-state index is 0.708. The molecule has 132 valence electrons. The molecule has 0 atom stereocenters. The molecule has 0 bridgehead atoms. The average Bonchev–Trinajstić information content (AvgIpc) is 3.12. The first-order valence-corrected chi connectivity index (χ1v) is 9.07. The number of fused-ring (bicyclic) bond motifs is 1. The van der Waals surface area contributed by atoms with Gasteiger partial charge in [0.1, 0.15) is 5.58 Å². The maximum absolute atomic E-state index is 5.61. The molecule has 0 fully saturated rings. The maximum Gasteiger partial charge on any atom is 0.134 e. The maximum atomic E-state index is 5.61. The first kappa shape index (κ1) is 17.1. The summed E-state index contributed by atoms with van der Waals surface area (Å²) >= 11 is 0. The summed E-state index contributed by atoms with van der Waals surface area (Å²) in [5.41, 5.74) is 5.61. The Hall–Kier alpha value is -3.28. The number of rotatable bonds is 4. The van der Waals surface area contributed by atoms with Crippen LogP contribution >= 0.6 is 0 Å². The SMILES string of the molecule is CN(CC#Cc1ccc(-c2ccccc2)cc1)Cc1coc2ccccc12. The van der Waals surface area contributed by atoms with E-state index in [1.54, 1.807) is 0 Å². The summed E-state index contributed by atoms with van der Waals surface area (Å²) in [6.45, 7) is 1.53. The van der Waals surface area contributed by atoms with Gasteiger partial charge in [-0.05, 0) is 36.4 Å². The van der Waals surface area contributed by atoms with Gasteiger partial charge in [-0.3, -0.25) is 4.90 Å². The topological polar surface area (TPSA) is 16.4 Å². The van der Waals surface area contributed by atoms with Crippen molar-refractivity contribution in [1.29, 1.82) is 0 Å². The summed E-state index contributed by atoms with van der Waals surface area (Å²) < 4.78 is 5.61. The van der Waals surface area contributed by atoms with Gasteiger partial charge in [-0.2, -0.15) is 0 Å². The van der Waals surface area contributed by atoms with Gasteiger partial charge in [-0.25, -0.2) is 0 Å². The van der Waals surface area contributed by atoms with Crippen LogP contribution in [-0.4, -0.2) is 18.5 Å². The fraction of sp³-hybridized carbons (Fsp3) is 0.120. The Morgan fingerprint density at radius 3 is 2.33 bits per heavy atom. The Balaban J connectivity index is 1.38. The Morgan fingerprint density at radius 1 is 0.815 bits per heavy atom. The number of hydrogen-bond acceptors (Lipinski definition) is 2. The van der Waals surface area contributed by atoms with Crippen LogP contribution in [0.5, 0.6) is 0 Å². The number of hydrogen-bond donors (Lipinski definition) is 0. The Kier molecular flexibility index (Phi) is 5.05. The van der Waals surface area contributed by atoms with Gasteiger partial charge in [0.05, 0.1) is 12.8 Å². The molecule has 0 unspecified atom stereocenters. The molecule has 3 aromatic carbocycles. The predicted molar refractivity (Wildman–Crippen MR) is 111 cm³/mol. The van der Waals surface area contributed by atoms with Crippen LogP contribution in [0.2, 0.25) is 0 Å². The molecular weight excluding hydrogens is 330 g/mol. The fourth-order valence-corrected chi connectivity index (χ4v) is 3.16. The normalized spacial score (nSPS) is 10.7. The van der Waals surface area contributed by atoms with Gasteiger partial charge in [0.15, 0.2) is 0 Å². The highest BCUT2D eigenvalue weighted by Gasteiger charge is 2.06. The van der Waals surface area contributed by atoms with Gasteiger partial charge in [-0.1, -0.05) is 72.5 Å². The van der Waals surface area contributed by atoms with Crippen LogP contribution in [0, 0.1) is 11.8 Å². The van der Waals surface area contributed by atoms with Crippen molar-refractivity contribution in [2.24, 2.45) is 0 Å². The quantitative estimate of drug-likeness (QED) is 0.446. The van der Waals surface area contributed by atoms with Crippen molar-refractivity contribution >= 4 is 11.0 Å². The molecule has 0 aliphatic rings. The van der Waals surface area contributed by atoms with Crippen molar-refractivity contribution < 1.29 is 4.42 Å². The molecule has 0 N–H and O–H groups in total. The van der Waals surface area contributed by atoms with Crippen molar-refractivity contribution in [2.45, 2.75) is 6.54 Å². The fourth-order valence-electron chi connectivity index (χ4n) is 3.16. The zero-order valence-corrected chi connectivity index (χ0v) is 15.4. The zero-order valence-electron chi connectivity index (χ0n) is 15.4. The molecule has 0 saturated carbocycles. The van der Waals surface area contributed by atoms with Crippen molar-refractivity contribution in [3.8, 4) is 23.0 Å². The van der Waals surface area contributed by atoms with Crippen molar-refractivity contribution in [3.05, 3.63) is 96.3 Å². The minimum atomic E-state index is 0.708. The molecule has 0 saturated heterocycles. The zero-order chi connectivity index (χ0) is 18.5. The Morgan fingerprint density at radius 2 is 1.52 bits per heavy atom. The van der Waals surface area contributed by atoms with E-state index in [2.05, 4.69) is 78.4 Å². The van der Waals surface area contributed by atoms with E-state index < -0.39 is 0 Å². The van der Waals surface area contributed by atoms with Gasteiger partial charge < -0.3 is 4.42 Å². The third-order valence-corrected chi connectivity index (χ3v) is 4.58. The first-order chi connectivity index (χ1) is 13.3. The predicted octanol–water partition coefficient (Wildman–Crippen LogP) is 5.58. The van der Waals surface area contributed by atoms with E-state index in [1.807, 2.05) is 30.5 Å². The van der Waals surface area contributed by atoms with E-state index >= 15 is 0 Å². The van der Waals surface area contributed by atoms with Gasteiger partial charge in [0, 0.05) is 23.1 Å². The van der Waals surface area contributed by atoms with Crippen LogP contribution in [0.15, 0.2) is 89.5 Å². The smallest absolute Gasteiger partial charge is 0.134 e. The van der Waals surface area contributed by atoms with Crippen molar-refractivity contribution in [3.63, 3.8) is 0 Å². The van der Waals surface area contributed by atoms with Crippen LogP contribution < -0.4 is 0 Å². The summed E-state index contributed by atoms with van der Waals surface area (Å²) in [6.07, 6.45) is 1.84. The summed E-state index contributed by atoms with van der Waals surface area (Å²) in [6, 6.07) is 26.9. The second-order valence-electron chi connectivity index (χ2n) is 6.67. The highest BCUT2D eigenvalue weighted by Crippen LogP contribution is 2.21. The summed E-state index contributed by atoms with van der Waals surface area (Å²) in [7, 11) is 2.08. The van der Waals surface area contributed by atoms with E-state index in [-0.39, 0.29) is 0 Å². The molecule has 1 heterocycles. The summed E-state index contributed by atoms with van der Waals surface area (Å²) in [5, 5.41) is 1.17. The van der Waals surface area contributed by atoms with Crippen LogP contribution in [0.3, 0.4) is 0 Å². The number of nitrogens with zero attached hydrogens (tertiary/aromatic N) is 1. The van der Waals surface area contributed by atoms with Gasteiger partial charge in [-0.15, -0.1) is 0 Å². The largest absolute Gasteiger partial charge is 0.464 e. The highest BCUT2D eigenvalue weighted by atomic mass is 16.3. The van der Waals surface area contributed by atoms with E-state index in [9.17, 15) is 0 Å². The highest BCUT2D eigenvalue weighted by molar-refractivity contribution is 5.80. The monoisotopic (exact) mass is 351 g/mol. The molecule has 27 heavy (non-hydrogen) atoms. The van der Waals surface area contributed by atoms with Gasteiger partial charge in [0.2, 0.25) is 0 Å². The third kappa shape index (κ3) is 4.11. The first-order valence-electron chi connectivity index (χ1n) is 9.07. The molecule has 1 aromatic heterocycles. The van der Waals surface area contributed by atoms with Gasteiger partial charge in [0.25, 0.3) is 0 Å². The number of benzene rings is 3. The third-order valence-electron chi connectivity index (χ3n) is 4.58. The number of para-hydroxylation sites is 1. The average molecular weight is 351 g/mol. The second kappa shape index (κ2) is 7.95. The molecule has 2 nitrogen and oxygen atoms in total. The van der Waals surface area contributed by atoms with Crippen molar-refractivity contribution in [1.82, 2.24) is 4.90 Å². The lowest BCUT2D eigenvalue weighted by Gasteiger charge is -2.11. The van der Waals surface area contributed by atoms with Crippen LogP contribution in [0.4, 0.5) is 0 Å². The Labute approximate surface area is 160 Å². The second-order valence-corrected chi connectivity index (χ2v) is 6.67. The van der Waals surface area contributed by atoms with E-state index in [1.165, 1.54) is 22.1 Å². The van der Waals surface area contributed by atoms with Crippen LogP contribution in [-0.2, 0) is 6.54 Å². The summed E-state index contributed by atoms with van der Waals surface area (Å²) in [5.74, 6) is 6.52. The van der Waals surface area contributed by atoms with E-state index in [0.29, 0.717) is 6.54 Å². The van der Waals surface area contributed by atoms with Gasteiger partial charge >= 0.3 is 0 Å². The standard InChI is InChI=1S/C25H21NO/c1-26(18-23-19-27-25-12-6-5-11-24(23)25)17-7-8-20-13-15-22(16-14-20)21-9-3-2-4-10-21/h2-6,9-16,19H,17-18H2,1H3. The number of furan rings is 1. The molecule has 0 aliphatic heterocycles. The van der Waals surface area contributed by atoms with Crippen LogP contribution in [0.25, 0.3) is 22.1 Å². The lowest BCUT2D eigenvalue weighted by molar-refractivity contribution is 0.368. The molecule has 2 heteroatoms. The van der Waals surface area contributed by atoms with E-state index in [0.717, 1.165) is 17.7 Å². The Bertz CT molecular complexity index is 1080. The molecule has 4 aromatic rings. The van der Waals surface area contributed by atoms with Crippen LogP contribution in [0.1, 0.15) is 11.1 Å². The van der Waals surface area contributed by atoms with Crippen molar-refractivity contribution in [2.75, 3.05) is 13.6 Å². The molecule has 0 amide bonds. The lowest BCUT2D eigenvalue weighted by atomic mass is 10.0. The van der Waals surface area contributed by atoms with E-state index in [4.69, 9.17) is 4.42 Å². The molecule has 0 radical (unpaired) electrons. The lowest BCUT2D eigenvalue weighted by Crippen LogP contribution is -2.17. The minimum Gasteiger partial charge on any atom is -0.464 e. The molecular formula is C25H21NO. The molecule has 4 rings (SSSR count). The molecule has 0 spiro atoms. The summed E-state index contributed by atoms with van der Waals surface area (Å²) in [4.78, 5) is 2.20. The molecule has 0 aliphatic carbocycles.